The fourth-order valence-corrected chi connectivity index (χ4v) is 2.63. The molecular weight excluding hydrogens is 314 g/mol. The topological polar surface area (TPSA) is 37.8 Å². The Balaban J connectivity index is 2.42. The van der Waals surface area contributed by atoms with E-state index in [1.807, 2.05) is 32.2 Å². The summed E-state index contributed by atoms with van der Waals surface area (Å²) in [5.41, 5.74) is 3.12. The van der Waals surface area contributed by atoms with E-state index in [-0.39, 0.29) is 0 Å². The average Bonchev–Trinajstić information content (AvgIpc) is 2.44. The first-order chi connectivity index (χ1) is 9.63. The number of rotatable bonds is 5. The van der Waals surface area contributed by atoms with Gasteiger partial charge in [-0.25, -0.2) is 9.97 Å². The summed E-state index contributed by atoms with van der Waals surface area (Å²) in [6, 6.07) is 10.3. The van der Waals surface area contributed by atoms with Crippen molar-refractivity contribution in [2.75, 3.05) is 13.6 Å². The van der Waals surface area contributed by atoms with Crippen LogP contribution in [-0.2, 0) is 0 Å². The highest BCUT2D eigenvalue weighted by Gasteiger charge is 2.14. The van der Waals surface area contributed by atoms with Crippen LogP contribution < -0.4 is 5.32 Å². The molecule has 0 fully saturated rings. The van der Waals surface area contributed by atoms with Gasteiger partial charge >= 0.3 is 0 Å². The lowest BCUT2D eigenvalue weighted by molar-refractivity contribution is 0.579. The van der Waals surface area contributed by atoms with Crippen LogP contribution >= 0.6 is 15.9 Å². The zero-order valence-electron chi connectivity index (χ0n) is 12.2. The summed E-state index contributed by atoms with van der Waals surface area (Å²) in [6.45, 7) is 5.10. The SMILES string of the molecule is CCC(CNC)c1nc(C)cc(-c2cccc(Br)c2)n1. The summed E-state index contributed by atoms with van der Waals surface area (Å²) in [5, 5.41) is 3.22. The Morgan fingerprint density at radius 3 is 2.70 bits per heavy atom. The van der Waals surface area contributed by atoms with E-state index >= 15 is 0 Å². The molecule has 0 spiro atoms. The molecule has 1 atom stereocenters. The van der Waals surface area contributed by atoms with Crippen LogP contribution in [0.2, 0.25) is 0 Å². The van der Waals surface area contributed by atoms with Crippen molar-refractivity contribution in [1.29, 1.82) is 0 Å². The molecule has 20 heavy (non-hydrogen) atoms. The maximum Gasteiger partial charge on any atom is 0.133 e. The standard InChI is InChI=1S/C16H20BrN3/c1-4-12(10-18-3)16-19-11(2)8-15(20-16)13-6-5-7-14(17)9-13/h5-9,12,18H,4,10H2,1-3H3. The fourth-order valence-electron chi connectivity index (χ4n) is 2.23. The molecule has 0 saturated heterocycles. The van der Waals surface area contributed by atoms with Crippen LogP contribution in [0.3, 0.4) is 0 Å². The fraction of sp³-hybridized carbons (Fsp3) is 0.375. The third kappa shape index (κ3) is 3.64. The second-order valence-electron chi connectivity index (χ2n) is 4.93. The number of aryl methyl sites for hydroxylation is 1. The maximum atomic E-state index is 4.76. The molecule has 0 amide bonds. The Bertz CT molecular complexity index is 584. The first kappa shape index (κ1) is 15.1. The highest BCUT2D eigenvalue weighted by atomic mass is 79.9. The Hall–Kier alpha value is -1.26. The molecule has 0 aliphatic heterocycles. The van der Waals surface area contributed by atoms with Gasteiger partial charge in [-0.15, -0.1) is 0 Å². The average molecular weight is 334 g/mol. The van der Waals surface area contributed by atoms with Crippen molar-refractivity contribution in [1.82, 2.24) is 15.3 Å². The predicted molar refractivity (Wildman–Crippen MR) is 86.9 cm³/mol. The number of aromatic nitrogens is 2. The van der Waals surface area contributed by atoms with Gasteiger partial charge in [0.25, 0.3) is 0 Å². The zero-order valence-corrected chi connectivity index (χ0v) is 13.7. The molecule has 106 valence electrons. The van der Waals surface area contributed by atoms with Gasteiger partial charge in [0, 0.05) is 28.2 Å². The Labute approximate surface area is 129 Å². The van der Waals surface area contributed by atoms with Crippen molar-refractivity contribution >= 4 is 15.9 Å². The molecular formula is C16H20BrN3. The number of benzene rings is 1. The van der Waals surface area contributed by atoms with Gasteiger partial charge in [-0.1, -0.05) is 35.0 Å². The molecule has 4 heteroatoms. The lowest BCUT2D eigenvalue weighted by atomic mass is 10.0. The second-order valence-corrected chi connectivity index (χ2v) is 5.84. The zero-order chi connectivity index (χ0) is 14.5. The van der Waals surface area contributed by atoms with Gasteiger partial charge in [0.05, 0.1) is 5.69 Å². The lowest BCUT2D eigenvalue weighted by Gasteiger charge is -2.15. The minimum Gasteiger partial charge on any atom is -0.319 e. The molecule has 0 aliphatic carbocycles. The van der Waals surface area contributed by atoms with Crippen LogP contribution in [-0.4, -0.2) is 23.6 Å². The normalized spacial score (nSPS) is 12.4. The number of halogens is 1. The van der Waals surface area contributed by atoms with Gasteiger partial charge in [0.1, 0.15) is 5.82 Å². The molecule has 1 unspecified atom stereocenters. The second kappa shape index (κ2) is 6.95. The molecule has 2 aromatic rings. The summed E-state index contributed by atoms with van der Waals surface area (Å²) in [5.74, 6) is 1.28. The molecule has 3 nitrogen and oxygen atoms in total. The van der Waals surface area contributed by atoms with Crippen LogP contribution in [0.5, 0.6) is 0 Å². The van der Waals surface area contributed by atoms with E-state index in [9.17, 15) is 0 Å². The van der Waals surface area contributed by atoms with Crippen molar-refractivity contribution in [2.24, 2.45) is 0 Å². The predicted octanol–water partition coefficient (Wildman–Crippen LogP) is 3.93. The van der Waals surface area contributed by atoms with Crippen LogP contribution in [0.15, 0.2) is 34.8 Å². The Morgan fingerprint density at radius 1 is 1.25 bits per heavy atom. The summed E-state index contributed by atoms with van der Waals surface area (Å²) in [4.78, 5) is 9.37. The van der Waals surface area contributed by atoms with Gasteiger partial charge < -0.3 is 5.32 Å². The Morgan fingerprint density at radius 2 is 2.05 bits per heavy atom. The molecule has 0 aliphatic rings. The minimum absolute atomic E-state index is 0.353. The largest absolute Gasteiger partial charge is 0.319 e. The molecule has 1 heterocycles. The van der Waals surface area contributed by atoms with Crippen LogP contribution in [0.1, 0.15) is 30.8 Å². The lowest BCUT2D eigenvalue weighted by Crippen LogP contribution is -2.19. The van der Waals surface area contributed by atoms with E-state index in [2.05, 4.69) is 45.3 Å². The van der Waals surface area contributed by atoms with Crippen molar-refractivity contribution in [2.45, 2.75) is 26.2 Å². The molecule has 0 saturated carbocycles. The number of nitrogens with zero attached hydrogens (tertiary/aromatic N) is 2. The maximum absolute atomic E-state index is 4.76. The van der Waals surface area contributed by atoms with Crippen molar-refractivity contribution in [3.05, 3.63) is 46.3 Å². The third-order valence-corrected chi connectivity index (χ3v) is 3.79. The minimum atomic E-state index is 0.353. The van der Waals surface area contributed by atoms with Gasteiger partial charge in [-0.3, -0.25) is 0 Å². The summed E-state index contributed by atoms with van der Waals surface area (Å²) in [7, 11) is 1.97. The molecule has 0 bridgehead atoms. The third-order valence-electron chi connectivity index (χ3n) is 3.30. The monoisotopic (exact) mass is 333 g/mol. The number of hydrogen-bond acceptors (Lipinski definition) is 3. The highest BCUT2D eigenvalue weighted by molar-refractivity contribution is 9.10. The van der Waals surface area contributed by atoms with E-state index < -0.39 is 0 Å². The number of likely N-dealkylation sites (N-methyl/N-ethyl adjacent to an activating group) is 1. The summed E-state index contributed by atoms with van der Waals surface area (Å²) < 4.78 is 1.06. The van der Waals surface area contributed by atoms with Gasteiger partial charge in [-0.05, 0) is 38.6 Å². The Kier molecular flexibility index (Phi) is 5.26. The first-order valence-corrected chi connectivity index (χ1v) is 7.69. The smallest absolute Gasteiger partial charge is 0.133 e. The van der Waals surface area contributed by atoms with Crippen molar-refractivity contribution < 1.29 is 0 Å². The molecule has 1 N–H and O–H groups in total. The van der Waals surface area contributed by atoms with Crippen LogP contribution in [0.4, 0.5) is 0 Å². The van der Waals surface area contributed by atoms with Gasteiger partial charge in [-0.2, -0.15) is 0 Å². The molecule has 1 aromatic heterocycles. The van der Waals surface area contributed by atoms with E-state index in [0.29, 0.717) is 5.92 Å². The quantitative estimate of drug-likeness (QED) is 0.900. The van der Waals surface area contributed by atoms with Crippen molar-refractivity contribution in [3.63, 3.8) is 0 Å². The van der Waals surface area contributed by atoms with Crippen molar-refractivity contribution in [3.8, 4) is 11.3 Å². The van der Waals surface area contributed by atoms with Crippen LogP contribution in [0, 0.1) is 6.92 Å². The van der Waals surface area contributed by atoms with Crippen LogP contribution in [0.25, 0.3) is 11.3 Å². The number of hydrogen-bond donors (Lipinski definition) is 1. The van der Waals surface area contributed by atoms with E-state index in [1.54, 1.807) is 0 Å². The molecule has 0 radical (unpaired) electrons. The van der Waals surface area contributed by atoms with E-state index in [1.165, 1.54) is 0 Å². The van der Waals surface area contributed by atoms with E-state index in [0.717, 1.165) is 40.2 Å². The summed E-state index contributed by atoms with van der Waals surface area (Å²) >= 11 is 3.51. The molecule has 2 rings (SSSR count). The number of nitrogens with one attached hydrogen (secondary N) is 1. The van der Waals surface area contributed by atoms with Gasteiger partial charge in [0.2, 0.25) is 0 Å². The molecule has 1 aromatic carbocycles. The highest BCUT2D eigenvalue weighted by Crippen LogP contribution is 2.24. The first-order valence-electron chi connectivity index (χ1n) is 6.90. The van der Waals surface area contributed by atoms with Gasteiger partial charge in [0.15, 0.2) is 0 Å². The van der Waals surface area contributed by atoms with E-state index in [4.69, 9.17) is 4.98 Å². The summed E-state index contributed by atoms with van der Waals surface area (Å²) in [6.07, 6.45) is 1.03.